The summed E-state index contributed by atoms with van der Waals surface area (Å²) in [5.74, 6) is 0.642. The summed E-state index contributed by atoms with van der Waals surface area (Å²) in [5.41, 5.74) is 1.06. The van der Waals surface area contributed by atoms with Crippen LogP contribution in [0, 0.1) is 0 Å². The van der Waals surface area contributed by atoms with Gasteiger partial charge < -0.3 is 9.32 Å². The summed E-state index contributed by atoms with van der Waals surface area (Å²) in [5, 5.41) is 9.18. The fraction of sp³-hybridized carbons (Fsp3) is 0.357. The molecule has 21 heavy (non-hydrogen) atoms. The Bertz CT molecular complexity index is 644. The van der Waals surface area contributed by atoms with Crippen LogP contribution in [0.5, 0.6) is 0 Å². The van der Waals surface area contributed by atoms with Gasteiger partial charge in [0.2, 0.25) is 11.8 Å². The van der Waals surface area contributed by atoms with Gasteiger partial charge in [0, 0.05) is 24.5 Å². The second-order valence-corrected chi connectivity index (χ2v) is 6.11. The van der Waals surface area contributed by atoms with Crippen molar-refractivity contribution in [1.82, 2.24) is 15.1 Å². The van der Waals surface area contributed by atoms with Gasteiger partial charge in [-0.25, -0.2) is 0 Å². The van der Waals surface area contributed by atoms with E-state index < -0.39 is 0 Å². The van der Waals surface area contributed by atoms with Gasteiger partial charge in [-0.3, -0.25) is 4.79 Å². The molecule has 1 atom stereocenters. The van der Waals surface area contributed by atoms with Gasteiger partial charge in [0.05, 0.1) is 5.92 Å². The van der Waals surface area contributed by atoms with Crippen molar-refractivity contribution in [1.29, 1.82) is 0 Å². The smallest absolute Gasteiger partial charge is 0.276 e. The summed E-state index contributed by atoms with van der Waals surface area (Å²) in [6.45, 7) is 1.19. The molecule has 1 fully saturated rings. The van der Waals surface area contributed by atoms with Gasteiger partial charge in [-0.05, 0) is 24.0 Å². The minimum atomic E-state index is -0.0156. The van der Waals surface area contributed by atoms with E-state index in [9.17, 15) is 4.79 Å². The molecule has 1 aromatic carbocycles. The van der Waals surface area contributed by atoms with Crippen molar-refractivity contribution in [3.63, 3.8) is 0 Å². The van der Waals surface area contributed by atoms with Crippen molar-refractivity contribution in [2.45, 2.75) is 24.1 Å². The van der Waals surface area contributed by atoms with Crippen molar-refractivity contribution in [3.05, 3.63) is 40.7 Å². The van der Waals surface area contributed by atoms with Crippen LogP contribution < -0.4 is 0 Å². The lowest BCUT2D eigenvalue weighted by molar-refractivity contribution is -0.128. The molecule has 2 heterocycles. The first-order valence-corrected chi connectivity index (χ1v) is 8.15. The Labute approximate surface area is 131 Å². The number of halogens is 1. The number of hydrogen-bond acceptors (Lipinski definition) is 5. The van der Waals surface area contributed by atoms with E-state index >= 15 is 0 Å². The zero-order valence-electron chi connectivity index (χ0n) is 11.5. The highest BCUT2D eigenvalue weighted by Crippen LogP contribution is 2.29. The standard InChI is InChI=1S/C14H14ClN3O2S/c1-21-14-17-16-13(20-14)10-6-12(19)18(8-10)7-9-2-4-11(15)5-3-9/h2-5,10H,6-8H2,1H3. The Balaban J connectivity index is 1.68. The molecule has 1 amide bonds. The Morgan fingerprint density at radius 3 is 2.81 bits per heavy atom. The fourth-order valence-corrected chi connectivity index (χ4v) is 2.79. The molecule has 1 saturated heterocycles. The maximum absolute atomic E-state index is 12.1. The number of amides is 1. The second-order valence-electron chi connectivity index (χ2n) is 4.91. The number of benzene rings is 1. The van der Waals surface area contributed by atoms with Crippen LogP contribution >= 0.6 is 23.4 Å². The third kappa shape index (κ3) is 3.22. The Morgan fingerprint density at radius 1 is 1.38 bits per heavy atom. The average molecular weight is 324 g/mol. The molecule has 1 aromatic heterocycles. The van der Waals surface area contributed by atoms with E-state index in [1.165, 1.54) is 11.8 Å². The van der Waals surface area contributed by atoms with Gasteiger partial charge in [-0.1, -0.05) is 35.5 Å². The normalized spacial score (nSPS) is 18.5. The fourth-order valence-electron chi connectivity index (χ4n) is 2.37. The third-order valence-electron chi connectivity index (χ3n) is 3.45. The SMILES string of the molecule is CSc1nnc(C2CC(=O)N(Cc3ccc(Cl)cc3)C2)o1. The lowest BCUT2D eigenvalue weighted by Crippen LogP contribution is -2.24. The molecule has 0 spiro atoms. The zero-order chi connectivity index (χ0) is 14.8. The van der Waals surface area contributed by atoms with Crippen LogP contribution in [0.25, 0.3) is 0 Å². The molecule has 0 aliphatic carbocycles. The van der Waals surface area contributed by atoms with Gasteiger partial charge in [-0.2, -0.15) is 0 Å². The summed E-state index contributed by atoms with van der Waals surface area (Å²) in [7, 11) is 0. The van der Waals surface area contributed by atoms with Crippen LogP contribution in [0.2, 0.25) is 5.02 Å². The highest BCUT2D eigenvalue weighted by atomic mass is 35.5. The first kappa shape index (κ1) is 14.4. The van der Waals surface area contributed by atoms with Gasteiger partial charge in [0.1, 0.15) is 0 Å². The van der Waals surface area contributed by atoms with Crippen molar-refractivity contribution in [3.8, 4) is 0 Å². The topological polar surface area (TPSA) is 59.2 Å². The van der Waals surface area contributed by atoms with Crippen LogP contribution in [0.4, 0.5) is 0 Å². The highest BCUT2D eigenvalue weighted by molar-refractivity contribution is 7.98. The maximum atomic E-state index is 12.1. The molecule has 2 aromatic rings. The first-order valence-electron chi connectivity index (χ1n) is 6.55. The molecular formula is C14H14ClN3O2S. The minimum Gasteiger partial charge on any atom is -0.416 e. The highest BCUT2D eigenvalue weighted by Gasteiger charge is 2.34. The summed E-state index contributed by atoms with van der Waals surface area (Å²) in [6, 6.07) is 7.53. The van der Waals surface area contributed by atoms with E-state index in [2.05, 4.69) is 10.2 Å². The van der Waals surface area contributed by atoms with E-state index in [1.54, 1.807) is 0 Å². The molecule has 3 rings (SSSR count). The van der Waals surface area contributed by atoms with Gasteiger partial charge in [0.15, 0.2) is 0 Å². The predicted octanol–water partition coefficient (Wildman–Crippen LogP) is 2.96. The lowest BCUT2D eigenvalue weighted by Gasteiger charge is -2.16. The Kier molecular flexibility index (Phi) is 4.17. The van der Waals surface area contributed by atoms with E-state index in [0.29, 0.717) is 35.6 Å². The molecular weight excluding hydrogens is 310 g/mol. The number of thioether (sulfide) groups is 1. The van der Waals surface area contributed by atoms with Crippen LogP contribution in [0.1, 0.15) is 23.8 Å². The predicted molar refractivity (Wildman–Crippen MR) is 80.3 cm³/mol. The molecule has 0 N–H and O–H groups in total. The largest absolute Gasteiger partial charge is 0.416 e. The van der Waals surface area contributed by atoms with Crippen molar-refractivity contribution in [2.75, 3.05) is 12.8 Å². The van der Waals surface area contributed by atoms with Crippen LogP contribution in [0.15, 0.2) is 33.9 Å². The number of carbonyl (C=O) groups excluding carboxylic acids is 1. The van der Waals surface area contributed by atoms with Crippen LogP contribution in [0.3, 0.4) is 0 Å². The van der Waals surface area contributed by atoms with E-state index in [0.717, 1.165) is 5.56 Å². The van der Waals surface area contributed by atoms with Crippen LogP contribution in [-0.4, -0.2) is 33.8 Å². The number of aromatic nitrogens is 2. The van der Waals surface area contributed by atoms with Crippen molar-refractivity contribution >= 4 is 29.3 Å². The van der Waals surface area contributed by atoms with Gasteiger partial charge in [-0.15, -0.1) is 10.2 Å². The Hall–Kier alpha value is -1.53. The minimum absolute atomic E-state index is 0.0156. The summed E-state index contributed by atoms with van der Waals surface area (Å²) in [4.78, 5) is 13.9. The van der Waals surface area contributed by atoms with E-state index in [4.69, 9.17) is 16.0 Å². The zero-order valence-corrected chi connectivity index (χ0v) is 13.0. The van der Waals surface area contributed by atoms with Crippen LogP contribution in [-0.2, 0) is 11.3 Å². The third-order valence-corrected chi connectivity index (χ3v) is 4.21. The first-order chi connectivity index (χ1) is 10.2. The molecule has 1 aliphatic rings. The van der Waals surface area contributed by atoms with Gasteiger partial charge >= 0.3 is 0 Å². The van der Waals surface area contributed by atoms with Gasteiger partial charge in [0.25, 0.3) is 5.22 Å². The summed E-state index contributed by atoms with van der Waals surface area (Å²) in [6.07, 6.45) is 2.30. The van der Waals surface area contributed by atoms with Crippen molar-refractivity contribution < 1.29 is 9.21 Å². The molecule has 7 heteroatoms. The number of hydrogen-bond donors (Lipinski definition) is 0. The molecule has 1 unspecified atom stereocenters. The quantitative estimate of drug-likeness (QED) is 0.810. The molecule has 0 saturated carbocycles. The maximum Gasteiger partial charge on any atom is 0.276 e. The molecule has 0 radical (unpaired) electrons. The average Bonchev–Trinajstić information content (AvgIpc) is 3.09. The molecule has 0 bridgehead atoms. The van der Waals surface area contributed by atoms with Crippen molar-refractivity contribution in [2.24, 2.45) is 0 Å². The van der Waals surface area contributed by atoms with E-state index in [-0.39, 0.29) is 11.8 Å². The number of carbonyl (C=O) groups is 1. The number of likely N-dealkylation sites (tertiary alicyclic amines) is 1. The molecule has 1 aliphatic heterocycles. The number of nitrogens with zero attached hydrogens (tertiary/aromatic N) is 3. The summed E-state index contributed by atoms with van der Waals surface area (Å²) < 4.78 is 5.52. The summed E-state index contributed by atoms with van der Waals surface area (Å²) >= 11 is 7.27. The molecule has 5 nitrogen and oxygen atoms in total. The van der Waals surface area contributed by atoms with E-state index in [1.807, 2.05) is 35.4 Å². The second kappa shape index (κ2) is 6.07. The molecule has 110 valence electrons. The monoisotopic (exact) mass is 323 g/mol. The number of rotatable bonds is 4. The lowest BCUT2D eigenvalue weighted by atomic mass is 10.1. The Morgan fingerprint density at radius 2 is 2.14 bits per heavy atom.